The summed E-state index contributed by atoms with van der Waals surface area (Å²) in [6.07, 6.45) is 0.791. The third-order valence-electron chi connectivity index (χ3n) is 4.64. The number of carbonyl (C=O) groups excluding carboxylic acids is 1. The molecular formula is C18H24N4O3. The van der Waals surface area contributed by atoms with Gasteiger partial charge in [-0.05, 0) is 25.6 Å². The van der Waals surface area contributed by atoms with Gasteiger partial charge in [-0.2, -0.15) is 5.10 Å². The summed E-state index contributed by atoms with van der Waals surface area (Å²) in [4.78, 5) is 14.6. The molecule has 1 N–H and O–H groups in total. The minimum absolute atomic E-state index is 0.0396. The van der Waals surface area contributed by atoms with Crippen molar-refractivity contribution in [3.05, 3.63) is 30.3 Å². The highest BCUT2D eigenvalue weighted by atomic mass is 16.5. The van der Waals surface area contributed by atoms with Crippen molar-refractivity contribution in [3.8, 4) is 17.0 Å². The van der Waals surface area contributed by atoms with Gasteiger partial charge in [0.25, 0.3) is 0 Å². The molecule has 0 aliphatic carbocycles. The van der Waals surface area contributed by atoms with E-state index < -0.39 is 0 Å². The largest absolute Gasteiger partial charge is 0.497 e. The van der Waals surface area contributed by atoms with E-state index in [4.69, 9.17) is 9.47 Å². The number of anilines is 1. The van der Waals surface area contributed by atoms with Gasteiger partial charge >= 0.3 is 0 Å². The molecule has 7 heteroatoms. The summed E-state index contributed by atoms with van der Waals surface area (Å²) in [7, 11) is 7.07. The second-order valence-electron chi connectivity index (χ2n) is 6.31. The van der Waals surface area contributed by atoms with Crippen LogP contribution in [0.1, 0.15) is 6.42 Å². The number of likely N-dealkylation sites (tertiary alicyclic amines) is 1. The lowest BCUT2D eigenvalue weighted by atomic mass is 10.1. The third-order valence-corrected chi connectivity index (χ3v) is 4.64. The van der Waals surface area contributed by atoms with Gasteiger partial charge in [0.2, 0.25) is 5.91 Å². The van der Waals surface area contributed by atoms with Crippen molar-refractivity contribution in [1.29, 1.82) is 0 Å². The summed E-state index contributed by atoms with van der Waals surface area (Å²) in [5.74, 6) is 1.39. The summed E-state index contributed by atoms with van der Waals surface area (Å²) in [5, 5.41) is 7.47. The van der Waals surface area contributed by atoms with Crippen molar-refractivity contribution in [2.24, 2.45) is 7.05 Å². The number of methoxy groups -OCH3 is 2. The fourth-order valence-electron chi connectivity index (χ4n) is 3.15. The minimum Gasteiger partial charge on any atom is -0.497 e. The Kier molecular flexibility index (Phi) is 5.06. The molecule has 2 aromatic rings. The minimum atomic E-state index is -0.194. The van der Waals surface area contributed by atoms with E-state index in [2.05, 4.69) is 10.4 Å². The topological polar surface area (TPSA) is 68.6 Å². The van der Waals surface area contributed by atoms with Crippen LogP contribution in [-0.4, -0.2) is 60.5 Å². The maximum atomic E-state index is 12.6. The van der Waals surface area contributed by atoms with Crippen LogP contribution in [0.2, 0.25) is 0 Å². The fourth-order valence-corrected chi connectivity index (χ4v) is 3.15. The van der Waals surface area contributed by atoms with E-state index in [0.29, 0.717) is 12.2 Å². The molecule has 1 aliphatic heterocycles. The van der Waals surface area contributed by atoms with E-state index in [1.54, 1.807) is 18.9 Å². The number of ether oxygens (including phenoxy) is 2. The highest BCUT2D eigenvalue weighted by molar-refractivity contribution is 5.94. The maximum Gasteiger partial charge on any atom is 0.242 e. The lowest BCUT2D eigenvalue weighted by Gasteiger charge is -2.17. The van der Waals surface area contributed by atoms with Crippen molar-refractivity contribution in [2.75, 3.05) is 33.1 Å². The summed E-state index contributed by atoms with van der Waals surface area (Å²) >= 11 is 0. The molecule has 3 rings (SSSR count). The van der Waals surface area contributed by atoms with Crippen LogP contribution >= 0.6 is 0 Å². The summed E-state index contributed by atoms with van der Waals surface area (Å²) in [5.41, 5.74) is 1.72. The first-order chi connectivity index (χ1) is 12.0. The van der Waals surface area contributed by atoms with Gasteiger partial charge in [0.15, 0.2) is 0 Å². The van der Waals surface area contributed by atoms with Crippen LogP contribution in [0.5, 0.6) is 5.75 Å². The Morgan fingerprint density at radius 1 is 1.28 bits per heavy atom. The highest BCUT2D eigenvalue weighted by Crippen LogP contribution is 2.26. The number of nitrogens with one attached hydrogen (secondary N) is 1. The zero-order valence-corrected chi connectivity index (χ0v) is 15.0. The van der Waals surface area contributed by atoms with E-state index in [1.807, 2.05) is 49.3 Å². The van der Waals surface area contributed by atoms with Gasteiger partial charge in [-0.25, -0.2) is 0 Å². The van der Waals surface area contributed by atoms with E-state index in [1.165, 1.54) is 0 Å². The van der Waals surface area contributed by atoms with Gasteiger partial charge in [0.05, 0.1) is 24.9 Å². The number of hydrogen-bond donors (Lipinski definition) is 1. The van der Waals surface area contributed by atoms with Gasteiger partial charge in [0.1, 0.15) is 11.6 Å². The Bertz CT molecular complexity index is 759. The molecule has 1 aromatic carbocycles. The van der Waals surface area contributed by atoms with Crippen LogP contribution in [0, 0.1) is 0 Å². The molecule has 0 unspecified atom stereocenters. The summed E-state index contributed by atoms with van der Waals surface area (Å²) in [6, 6.07) is 9.36. The van der Waals surface area contributed by atoms with Gasteiger partial charge in [-0.3, -0.25) is 14.4 Å². The second kappa shape index (κ2) is 7.25. The monoisotopic (exact) mass is 344 g/mol. The number of carbonyl (C=O) groups is 1. The van der Waals surface area contributed by atoms with E-state index >= 15 is 0 Å². The molecule has 2 atom stereocenters. The van der Waals surface area contributed by atoms with Crippen molar-refractivity contribution in [1.82, 2.24) is 14.7 Å². The normalized spacial score (nSPS) is 20.6. The van der Waals surface area contributed by atoms with Crippen LogP contribution in [0.4, 0.5) is 5.82 Å². The Balaban J connectivity index is 1.75. The molecule has 0 bridgehead atoms. The first-order valence-electron chi connectivity index (χ1n) is 8.24. The molecule has 1 amide bonds. The predicted octanol–water partition coefficient (Wildman–Crippen LogP) is 1.75. The average Bonchev–Trinajstić information content (AvgIpc) is 3.18. The smallest absolute Gasteiger partial charge is 0.242 e. The number of aryl methyl sites for hydroxylation is 1. The molecule has 2 heterocycles. The van der Waals surface area contributed by atoms with Crippen LogP contribution in [0.25, 0.3) is 11.3 Å². The SMILES string of the molecule is COc1cccc(-c2cc(NC(=O)[C@@H]3C[C@H](OC)CN3C)n(C)n2)c1. The number of aromatic nitrogens is 2. The number of amides is 1. The number of nitrogens with zero attached hydrogens (tertiary/aromatic N) is 3. The van der Waals surface area contributed by atoms with E-state index in [0.717, 1.165) is 23.6 Å². The van der Waals surface area contributed by atoms with Gasteiger partial charge in [-0.15, -0.1) is 0 Å². The van der Waals surface area contributed by atoms with Crippen molar-refractivity contribution in [3.63, 3.8) is 0 Å². The van der Waals surface area contributed by atoms with Crippen molar-refractivity contribution >= 4 is 11.7 Å². The highest BCUT2D eigenvalue weighted by Gasteiger charge is 2.34. The quantitative estimate of drug-likeness (QED) is 0.895. The lowest BCUT2D eigenvalue weighted by Crippen LogP contribution is -2.37. The number of hydrogen-bond acceptors (Lipinski definition) is 5. The zero-order chi connectivity index (χ0) is 18.0. The first kappa shape index (κ1) is 17.4. The standard InChI is InChI=1S/C18H24N4O3/c1-21-11-14(25-4)9-16(21)18(23)19-17-10-15(20-22(17)2)12-6-5-7-13(8-12)24-3/h5-8,10,14,16H,9,11H2,1-4H3,(H,19,23)/t14-,16-/m0/s1. The van der Waals surface area contributed by atoms with E-state index in [-0.39, 0.29) is 18.1 Å². The predicted molar refractivity (Wildman–Crippen MR) is 95.7 cm³/mol. The van der Waals surface area contributed by atoms with Gasteiger partial charge in [0, 0.05) is 32.3 Å². The molecule has 0 saturated carbocycles. The molecule has 25 heavy (non-hydrogen) atoms. The molecular weight excluding hydrogens is 320 g/mol. The Labute approximate surface area is 147 Å². The van der Waals surface area contributed by atoms with Crippen LogP contribution < -0.4 is 10.1 Å². The number of benzene rings is 1. The second-order valence-corrected chi connectivity index (χ2v) is 6.31. The first-order valence-corrected chi connectivity index (χ1v) is 8.24. The Morgan fingerprint density at radius 2 is 2.08 bits per heavy atom. The Morgan fingerprint density at radius 3 is 2.76 bits per heavy atom. The molecule has 1 saturated heterocycles. The lowest BCUT2D eigenvalue weighted by molar-refractivity contribution is -0.120. The molecule has 1 aromatic heterocycles. The average molecular weight is 344 g/mol. The number of likely N-dealkylation sites (N-methyl/N-ethyl adjacent to an activating group) is 1. The van der Waals surface area contributed by atoms with E-state index in [9.17, 15) is 4.79 Å². The van der Waals surface area contributed by atoms with Gasteiger partial charge in [-0.1, -0.05) is 12.1 Å². The third kappa shape index (κ3) is 3.67. The molecule has 1 fully saturated rings. The van der Waals surface area contributed by atoms with Crippen LogP contribution in [0.15, 0.2) is 30.3 Å². The number of rotatable bonds is 5. The zero-order valence-electron chi connectivity index (χ0n) is 15.0. The molecule has 0 spiro atoms. The van der Waals surface area contributed by atoms with Crippen LogP contribution in [-0.2, 0) is 16.6 Å². The summed E-state index contributed by atoms with van der Waals surface area (Å²) in [6.45, 7) is 0.759. The molecule has 7 nitrogen and oxygen atoms in total. The van der Waals surface area contributed by atoms with Gasteiger partial charge < -0.3 is 14.8 Å². The van der Waals surface area contributed by atoms with Crippen LogP contribution in [0.3, 0.4) is 0 Å². The Hall–Kier alpha value is -2.38. The maximum absolute atomic E-state index is 12.6. The van der Waals surface area contributed by atoms with Crippen molar-refractivity contribution in [2.45, 2.75) is 18.6 Å². The van der Waals surface area contributed by atoms with Crippen molar-refractivity contribution < 1.29 is 14.3 Å². The molecule has 0 radical (unpaired) electrons. The fraction of sp³-hybridized carbons (Fsp3) is 0.444. The molecule has 1 aliphatic rings. The summed E-state index contributed by atoms with van der Waals surface area (Å²) < 4.78 is 12.3. The molecule has 134 valence electrons.